The standard InChI is InChI=1S/C13H17FN2/c1-3-4-5-6-13(16-15)12-9-11(14)8-7-10(12)2/h1,7-9,13,16H,4-6,15H2,2H3. The molecule has 2 nitrogen and oxygen atoms in total. The predicted octanol–water partition coefficient (Wildman–Crippen LogP) is 2.44. The predicted molar refractivity (Wildman–Crippen MR) is 63.9 cm³/mol. The monoisotopic (exact) mass is 220 g/mol. The van der Waals surface area contributed by atoms with Crippen LogP contribution < -0.4 is 11.3 Å². The molecule has 0 aromatic heterocycles. The minimum atomic E-state index is -0.238. The number of benzene rings is 1. The lowest BCUT2D eigenvalue weighted by Gasteiger charge is -2.18. The van der Waals surface area contributed by atoms with Crippen molar-refractivity contribution >= 4 is 0 Å². The zero-order valence-corrected chi connectivity index (χ0v) is 9.46. The summed E-state index contributed by atoms with van der Waals surface area (Å²) in [7, 11) is 0. The molecule has 16 heavy (non-hydrogen) atoms. The highest BCUT2D eigenvalue weighted by Crippen LogP contribution is 2.22. The van der Waals surface area contributed by atoms with Crippen molar-refractivity contribution in [3.63, 3.8) is 0 Å². The fourth-order valence-electron chi connectivity index (χ4n) is 1.72. The molecule has 1 rings (SSSR count). The molecule has 0 radical (unpaired) electrons. The Labute approximate surface area is 96.0 Å². The van der Waals surface area contributed by atoms with Crippen LogP contribution in [0, 0.1) is 25.1 Å². The molecular formula is C13H17FN2. The fraction of sp³-hybridized carbons (Fsp3) is 0.385. The molecule has 1 aromatic carbocycles. The van der Waals surface area contributed by atoms with Crippen LogP contribution in [-0.4, -0.2) is 0 Å². The summed E-state index contributed by atoms with van der Waals surface area (Å²) in [5, 5.41) is 0. The van der Waals surface area contributed by atoms with E-state index in [0.717, 1.165) is 24.0 Å². The van der Waals surface area contributed by atoms with E-state index >= 15 is 0 Å². The second-order valence-electron chi connectivity index (χ2n) is 3.82. The average Bonchev–Trinajstić information content (AvgIpc) is 2.28. The summed E-state index contributed by atoms with van der Waals surface area (Å²) < 4.78 is 13.1. The smallest absolute Gasteiger partial charge is 0.123 e. The maximum Gasteiger partial charge on any atom is 0.123 e. The van der Waals surface area contributed by atoms with Crippen LogP contribution in [0.2, 0.25) is 0 Å². The second kappa shape index (κ2) is 6.26. The zero-order valence-electron chi connectivity index (χ0n) is 9.46. The highest BCUT2D eigenvalue weighted by Gasteiger charge is 2.12. The molecule has 3 N–H and O–H groups in total. The van der Waals surface area contributed by atoms with Gasteiger partial charge in [-0.05, 0) is 43.0 Å². The largest absolute Gasteiger partial charge is 0.271 e. The number of halogens is 1. The van der Waals surface area contributed by atoms with E-state index in [0.29, 0.717) is 6.42 Å². The van der Waals surface area contributed by atoms with E-state index in [-0.39, 0.29) is 11.9 Å². The summed E-state index contributed by atoms with van der Waals surface area (Å²) in [4.78, 5) is 0. The molecule has 1 aromatic rings. The van der Waals surface area contributed by atoms with E-state index in [2.05, 4.69) is 11.3 Å². The van der Waals surface area contributed by atoms with E-state index in [1.54, 1.807) is 6.07 Å². The minimum Gasteiger partial charge on any atom is -0.271 e. The normalized spacial score (nSPS) is 12.1. The molecular weight excluding hydrogens is 203 g/mol. The zero-order chi connectivity index (χ0) is 12.0. The maximum atomic E-state index is 13.1. The molecule has 0 aliphatic heterocycles. The van der Waals surface area contributed by atoms with Crippen molar-refractivity contribution in [3.8, 4) is 12.3 Å². The number of hydrogen-bond donors (Lipinski definition) is 2. The van der Waals surface area contributed by atoms with Gasteiger partial charge in [0.25, 0.3) is 0 Å². The number of unbranched alkanes of at least 4 members (excludes halogenated alkanes) is 1. The van der Waals surface area contributed by atoms with Gasteiger partial charge in [-0.25, -0.2) is 4.39 Å². The third-order valence-electron chi connectivity index (χ3n) is 2.63. The molecule has 0 amide bonds. The first-order chi connectivity index (χ1) is 7.69. The number of rotatable bonds is 5. The number of nitrogens with two attached hydrogens (primary N) is 1. The van der Waals surface area contributed by atoms with E-state index < -0.39 is 0 Å². The lowest BCUT2D eigenvalue weighted by Crippen LogP contribution is -2.28. The van der Waals surface area contributed by atoms with Crippen molar-refractivity contribution in [2.75, 3.05) is 0 Å². The number of terminal acetylenes is 1. The molecule has 0 aliphatic carbocycles. The molecule has 3 heteroatoms. The first-order valence-corrected chi connectivity index (χ1v) is 5.34. The van der Waals surface area contributed by atoms with Crippen molar-refractivity contribution in [3.05, 3.63) is 35.1 Å². The van der Waals surface area contributed by atoms with Crippen molar-refractivity contribution in [1.82, 2.24) is 5.43 Å². The molecule has 0 saturated heterocycles. The molecule has 86 valence electrons. The van der Waals surface area contributed by atoms with Gasteiger partial charge in [0, 0.05) is 12.5 Å². The third-order valence-corrected chi connectivity index (χ3v) is 2.63. The van der Waals surface area contributed by atoms with Gasteiger partial charge >= 0.3 is 0 Å². The Morgan fingerprint density at radius 2 is 2.31 bits per heavy atom. The Morgan fingerprint density at radius 1 is 1.56 bits per heavy atom. The van der Waals surface area contributed by atoms with Gasteiger partial charge in [-0.3, -0.25) is 11.3 Å². The number of hydrazine groups is 1. The molecule has 1 unspecified atom stereocenters. The highest BCUT2D eigenvalue weighted by molar-refractivity contribution is 5.29. The van der Waals surface area contributed by atoms with E-state index in [9.17, 15) is 4.39 Å². The summed E-state index contributed by atoms with van der Waals surface area (Å²) in [5.74, 6) is 7.83. The molecule has 0 saturated carbocycles. The van der Waals surface area contributed by atoms with Crippen LogP contribution in [0.25, 0.3) is 0 Å². The van der Waals surface area contributed by atoms with Crippen molar-refractivity contribution < 1.29 is 4.39 Å². The van der Waals surface area contributed by atoms with Gasteiger partial charge in [-0.15, -0.1) is 12.3 Å². The lowest BCUT2D eigenvalue weighted by atomic mass is 9.97. The van der Waals surface area contributed by atoms with E-state index in [4.69, 9.17) is 12.3 Å². The Hall–Kier alpha value is -1.37. The number of nitrogens with one attached hydrogen (secondary N) is 1. The van der Waals surface area contributed by atoms with Crippen LogP contribution in [0.1, 0.15) is 36.4 Å². The van der Waals surface area contributed by atoms with Gasteiger partial charge in [-0.1, -0.05) is 6.07 Å². The van der Waals surface area contributed by atoms with Gasteiger partial charge in [-0.2, -0.15) is 0 Å². The Morgan fingerprint density at radius 3 is 2.94 bits per heavy atom. The first-order valence-electron chi connectivity index (χ1n) is 5.34. The molecule has 0 bridgehead atoms. The van der Waals surface area contributed by atoms with Gasteiger partial charge < -0.3 is 0 Å². The van der Waals surface area contributed by atoms with Gasteiger partial charge in [0.1, 0.15) is 5.82 Å². The molecule has 0 heterocycles. The van der Waals surface area contributed by atoms with Crippen molar-refractivity contribution in [2.45, 2.75) is 32.2 Å². The van der Waals surface area contributed by atoms with Gasteiger partial charge in [0.05, 0.1) is 0 Å². The van der Waals surface area contributed by atoms with Crippen molar-refractivity contribution in [2.24, 2.45) is 5.84 Å². The Balaban J connectivity index is 2.78. The highest BCUT2D eigenvalue weighted by atomic mass is 19.1. The van der Waals surface area contributed by atoms with E-state index in [1.165, 1.54) is 12.1 Å². The average molecular weight is 220 g/mol. The Kier molecular flexibility index (Phi) is 4.97. The summed E-state index contributed by atoms with van der Waals surface area (Å²) in [6.07, 6.45) is 7.59. The van der Waals surface area contributed by atoms with Gasteiger partial charge in [0.2, 0.25) is 0 Å². The minimum absolute atomic E-state index is 0.0379. The Bertz CT molecular complexity index is 382. The topological polar surface area (TPSA) is 38.0 Å². The first kappa shape index (κ1) is 12.7. The van der Waals surface area contributed by atoms with Crippen LogP contribution in [0.15, 0.2) is 18.2 Å². The summed E-state index contributed by atoms with van der Waals surface area (Å²) in [6, 6.07) is 4.70. The summed E-state index contributed by atoms with van der Waals surface area (Å²) >= 11 is 0. The molecule has 0 fully saturated rings. The van der Waals surface area contributed by atoms with Crippen LogP contribution in [0.5, 0.6) is 0 Å². The maximum absolute atomic E-state index is 13.1. The quantitative estimate of drug-likeness (QED) is 0.346. The summed E-state index contributed by atoms with van der Waals surface area (Å²) in [5.41, 5.74) is 4.64. The van der Waals surface area contributed by atoms with Crippen molar-refractivity contribution in [1.29, 1.82) is 0 Å². The van der Waals surface area contributed by atoms with Crippen LogP contribution in [-0.2, 0) is 0 Å². The fourth-order valence-corrected chi connectivity index (χ4v) is 1.72. The van der Waals surface area contributed by atoms with Crippen LogP contribution in [0.4, 0.5) is 4.39 Å². The van der Waals surface area contributed by atoms with Crippen LogP contribution >= 0.6 is 0 Å². The SMILES string of the molecule is C#CCCCC(NN)c1cc(F)ccc1C. The third kappa shape index (κ3) is 3.34. The van der Waals surface area contributed by atoms with E-state index in [1.807, 2.05) is 6.92 Å². The molecule has 1 atom stereocenters. The van der Waals surface area contributed by atoms with Gasteiger partial charge in [0.15, 0.2) is 0 Å². The number of aryl methyl sites for hydroxylation is 1. The molecule has 0 spiro atoms. The molecule has 0 aliphatic rings. The van der Waals surface area contributed by atoms with Crippen LogP contribution in [0.3, 0.4) is 0 Å². The summed E-state index contributed by atoms with van der Waals surface area (Å²) in [6.45, 7) is 1.94. The second-order valence-corrected chi connectivity index (χ2v) is 3.82. The lowest BCUT2D eigenvalue weighted by molar-refractivity contribution is 0.496. The number of hydrogen-bond acceptors (Lipinski definition) is 2.